The topological polar surface area (TPSA) is 30.5 Å². The summed E-state index contributed by atoms with van der Waals surface area (Å²) in [6.45, 7) is 6.24. The van der Waals surface area contributed by atoms with Gasteiger partial charge in [0, 0.05) is 30.7 Å². The summed E-state index contributed by atoms with van der Waals surface area (Å²) < 4.78 is 11.8. The van der Waals surface area contributed by atoms with E-state index in [1.807, 2.05) is 0 Å². The van der Waals surface area contributed by atoms with E-state index in [2.05, 4.69) is 19.2 Å². The summed E-state index contributed by atoms with van der Waals surface area (Å²) in [5.74, 6) is 0. The van der Waals surface area contributed by atoms with Crippen LogP contribution in [0.3, 0.4) is 0 Å². The Kier molecular flexibility index (Phi) is 4.16. The maximum Gasteiger partial charge on any atom is 0.0726 e. The normalized spacial score (nSPS) is 38.5. The van der Waals surface area contributed by atoms with E-state index < -0.39 is 0 Å². The maximum atomic E-state index is 5.98. The highest BCUT2D eigenvalue weighted by atomic mass is 16.5. The van der Waals surface area contributed by atoms with Crippen LogP contribution in [-0.4, -0.2) is 37.5 Å². The smallest absolute Gasteiger partial charge is 0.0726 e. The molecule has 3 fully saturated rings. The molecule has 2 aliphatic carbocycles. The molecule has 1 N–H and O–H groups in total. The van der Waals surface area contributed by atoms with Crippen molar-refractivity contribution in [3.63, 3.8) is 0 Å². The Morgan fingerprint density at radius 1 is 1.32 bits per heavy atom. The molecule has 1 saturated heterocycles. The molecule has 0 aromatic carbocycles. The molecule has 0 aromatic rings. The van der Waals surface area contributed by atoms with Crippen LogP contribution in [0.1, 0.15) is 58.8 Å². The fourth-order valence-electron chi connectivity index (χ4n) is 4.54. The van der Waals surface area contributed by atoms with Crippen LogP contribution in [0, 0.1) is 5.41 Å². The Labute approximate surface area is 117 Å². The first-order chi connectivity index (χ1) is 9.26. The largest absolute Gasteiger partial charge is 0.378 e. The van der Waals surface area contributed by atoms with Gasteiger partial charge in [0.25, 0.3) is 0 Å². The van der Waals surface area contributed by atoms with Crippen molar-refractivity contribution in [2.75, 3.05) is 13.2 Å². The first kappa shape index (κ1) is 13.8. The van der Waals surface area contributed by atoms with Gasteiger partial charge >= 0.3 is 0 Å². The fraction of sp³-hybridized carbons (Fsp3) is 1.00. The lowest BCUT2D eigenvalue weighted by molar-refractivity contribution is -0.134. The molecule has 3 aliphatic rings. The van der Waals surface area contributed by atoms with Gasteiger partial charge in [-0.05, 0) is 46.0 Å². The van der Waals surface area contributed by atoms with Crippen molar-refractivity contribution in [3.8, 4) is 0 Å². The Balaban J connectivity index is 1.58. The lowest BCUT2D eigenvalue weighted by Crippen LogP contribution is -2.65. The van der Waals surface area contributed by atoms with E-state index in [1.165, 1.54) is 44.9 Å². The van der Waals surface area contributed by atoms with Gasteiger partial charge in [-0.3, -0.25) is 0 Å². The van der Waals surface area contributed by atoms with Gasteiger partial charge in [0.15, 0.2) is 0 Å². The molecule has 19 heavy (non-hydrogen) atoms. The highest BCUT2D eigenvalue weighted by molar-refractivity contribution is 5.10. The molecule has 1 heterocycles. The van der Waals surface area contributed by atoms with E-state index in [9.17, 15) is 0 Å². The van der Waals surface area contributed by atoms with Crippen molar-refractivity contribution in [1.82, 2.24) is 5.32 Å². The summed E-state index contributed by atoms with van der Waals surface area (Å²) in [5.41, 5.74) is 0.447. The molecule has 3 heteroatoms. The number of nitrogens with one attached hydrogen (secondary N) is 1. The van der Waals surface area contributed by atoms with Crippen LogP contribution < -0.4 is 5.32 Å². The molecular formula is C16H29NO2. The monoisotopic (exact) mass is 267 g/mol. The molecule has 0 amide bonds. The number of hydrogen-bond donors (Lipinski definition) is 1. The standard InChI is InChI=1S/C16H29NO2/c1-3-18-15-11-14(16(15)8-4-5-9-16)17-12(2)13-7-6-10-19-13/h12-15,17H,3-11H2,1-2H3. The zero-order valence-corrected chi connectivity index (χ0v) is 12.5. The van der Waals surface area contributed by atoms with E-state index in [4.69, 9.17) is 9.47 Å². The predicted molar refractivity (Wildman–Crippen MR) is 76.3 cm³/mol. The molecular weight excluding hydrogens is 238 g/mol. The second kappa shape index (κ2) is 5.71. The molecule has 0 radical (unpaired) electrons. The molecule has 4 atom stereocenters. The highest BCUT2D eigenvalue weighted by Crippen LogP contribution is 2.54. The van der Waals surface area contributed by atoms with Gasteiger partial charge in [-0.1, -0.05) is 12.8 Å². The van der Waals surface area contributed by atoms with Crippen LogP contribution in [0.15, 0.2) is 0 Å². The van der Waals surface area contributed by atoms with E-state index in [-0.39, 0.29) is 0 Å². The molecule has 4 unspecified atom stereocenters. The molecule has 0 aromatic heterocycles. The van der Waals surface area contributed by atoms with E-state index >= 15 is 0 Å². The Bertz CT molecular complexity index is 295. The van der Waals surface area contributed by atoms with Crippen molar-refractivity contribution < 1.29 is 9.47 Å². The van der Waals surface area contributed by atoms with Crippen LogP contribution in [0.4, 0.5) is 0 Å². The zero-order chi connectivity index (χ0) is 13.3. The third-order valence-corrected chi connectivity index (χ3v) is 5.67. The van der Waals surface area contributed by atoms with E-state index in [0.717, 1.165) is 13.2 Å². The van der Waals surface area contributed by atoms with Crippen molar-refractivity contribution in [2.45, 2.75) is 83.1 Å². The quantitative estimate of drug-likeness (QED) is 0.831. The molecule has 1 spiro atoms. The van der Waals surface area contributed by atoms with Crippen LogP contribution in [0.2, 0.25) is 0 Å². The number of hydrogen-bond acceptors (Lipinski definition) is 3. The van der Waals surface area contributed by atoms with Gasteiger partial charge < -0.3 is 14.8 Å². The van der Waals surface area contributed by atoms with E-state index in [0.29, 0.717) is 29.7 Å². The first-order valence-corrected chi connectivity index (χ1v) is 8.25. The Morgan fingerprint density at radius 3 is 2.74 bits per heavy atom. The molecule has 3 rings (SSSR count). The molecule has 2 saturated carbocycles. The van der Waals surface area contributed by atoms with Crippen LogP contribution >= 0.6 is 0 Å². The lowest BCUT2D eigenvalue weighted by Gasteiger charge is -2.55. The minimum Gasteiger partial charge on any atom is -0.378 e. The van der Waals surface area contributed by atoms with E-state index in [1.54, 1.807) is 0 Å². The fourth-order valence-corrected chi connectivity index (χ4v) is 4.54. The average molecular weight is 267 g/mol. The van der Waals surface area contributed by atoms with Gasteiger partial charge in [-0.15, -0.1) is 0 Å². The molecule has 1 aliphatic heterocycles. The summed E-state index contributed by atoms with van der Waals surface area (Å²) in [7, 11) is 0. The summed E-state index contributed by atoms with van der Waals surface area (Å²) in [4.78, 5) is 0. The number of ether oxygens (including phenoxy) is 2. The summed E-state index contributed by atoms with van der Waals surface area (Å²) in [6.07, 6.45) is 10.1. The van der Waals surface area contributed by atoms with Crippen LogP contribution in [-0.2, 0) is 9.47 Å². The molecule has 3 nitrogen and oxygen atoms in total. The summed E-state index contributed by atoms with van der Waals surface area (Å²) in [6, 6.07) is 1.15. The van der Waals surface area contributed by atoms with Crippen molar-refractivity contribution >= 4 is 0 Å². The third-order valence-electron chi connectivity index (χ3n) is 5.67. The highest BCUT2D eigenvalue weighted by Gasteiger charge is 2.56. The first-order valence-electron chi connectivity index (χ1n) is 8.25. The predicted octanol–water partition coefficient (Wildman–Crippen LogP) is 2.88. The number of rotatable bonds is 5. The molecule has 110 valence electrons. The van der Waals surface area contributed by atoms with Crippen molar-refractivity contribution in [2.24, 2.45) is 5.41 Å². The maximum absolute atomic E-state index is 5.98. The van der Waals surface area contributed by atoms with Crippen LogP contribution in [0.5, 0.6) is 0 Å². The minimum atomic E-state index is 0.435. The Morgan fingerprint density at radius 2 is 2.11 bits per heavy atom. The van der Waals surface area contributed by atoms with Crippen LogP contribution in [0.25, 0.3) is 0 Å². The lowest BCUT2D eigenvalue weighted by atomic mass is 9.60. The third kappa shape index (κ3) is 2.45. The SMILES string of the molecule is CCOC1CC(NC(C)C2CCCO2)C12CCCC2. The van der Waals surface area contributed by atoms with Crippen molar-refractivity contribution in [3.05, 3.63) is 0 Å². The van der Waals surface area contributed by atoms with Gasteiger partial charge in [-0.25, -0.2) is 0 Å². The molecule has 0 bridgehead atoms. The second-order valence-electron chi connectivity index (χ2n) is 6.68. The minimum absolute atomic E-state index is 0.435. The van der Waals surface area contributed by atoms with Gasteiger partial charge in [0.2, 0.25) is 0 Å². The zero-order valence-electron chi connectivity index (χ0n) is 12.5. The Hall–Kier alpha value is -0.120. The van der Waals surface area contributed by atoms with Crippen molar-refractivity contribution in [1.29, 1.82) is 0 Å². The van der Waals surface area contributed by atoms with Gasteiger partial charge in [0.05, 0.1) is 12.2 Å². The van der Waals surface area contributed by atoms with Gasteiger partial charge in [-0.2, -0.15) is 0 Å². The van der Waals surface area contributed by atoms with Gasteiger partial charge in [0.1, 0.15) is 0 Å². The second-order valence-corrected chi connectivity index (χ2v) is 6.68. The average Bonchev–Trinajstić information content (AvgIpc) is 3.09. The summed E-state index contributed by atoms with van der Waals surface area (Å²) >= 11 is 0. The summed E-state index contributed by atoms with van der Waals surface area (Å²) in [5, 5.41) is 3.87.